The van der Waals surface area contributed by atoms with Crippen LogP contribution in [0.4, 0.5) is 11.4 Å². The van der Waals surface area contributed by atoms with E-state index in [4.69, 9.17) is 0 Å². The number of carbonyl (C=O) groups is 3. The molecule has 3 atom stereocenters. The Bertz CT molecular complexity index is 977. The first-order valence-electron chi connectivity index (χ1n) is 10.2. The van der Waals surface area contributed by atoms with Crippen LogP contribution in [0.3, 0.4) is 0 Å². The Labute approximate surface area is 171 Å². The van der Waals surface area contributed by atoms with Gasteiger partial charge in [0, 0.05) is 11.3 Å². The molecule has 1 saturated heterocycles. The lowest BCUT2D eigenvalue weighted by Crippen LogP contribution is -2.31. The van der Waals surface area contributed by atoms with Crippen LogP contribution in [0.15, 0.2) is 42.5 Å². The Kier molecular flexibility index (Phi) is 4.99. The highest BCUT2D eigenvalue weighted by molar-refractivity contribution is 6.22. The Morgan fingerprint density at radius 3 is 2.38 bits per heavy atom. The van der Waals surface area contributed by atoms with Crippen molar-refractivity contribution in [2.24, 2.45) is 17.8 Å². The fourth-order valence-corrected chi connectivity index (χ4v) is 4.68. The molecule has 0 aromatic heterocycles. The summed E-state index contributed by atoms with van der Waals surface area (Å²) in [5.41, 5.74) is 3.77. The van der Waals surface area contributed by atoms with Crippen molar-refractivity contribution in [1.82, 2.24) is 0 Å². The van der Waals surface area contributed by atoms with E-state index >= 15 is 0 Å². The van der Waals surface area contributed by atoms with E-state index in [0.717, 1.165) is 36.1 Å². The fraction of sp³-hybridized carbons (Fsp3) is 0.375. The summed E-state index contributed by atoms with van der Waals surface area (Å²) < 4.78 is 0. The monoisotopic (exact) mass is 390 g/mol. The molecule has 2 aromatic rings. The minimum absolute atomic E-state index is 0.126. The van der Waals surface area contributed by atoms with E-state index < -0.39 is 0 Å². The maximum absolute atomic E-state index is 12.9. The zero-order valence-corrected chi connectivity index (χ0v) is 17.1. The Morgan fingerprint density at radius 2 is 1.66 bits per heavy atom. The number of imide groups is 1. The number of nitrogens with zero attached hydrogens (tertiary/aromatic N) is 1. The summed E-state index contributed by atoms with van der Waals surface area (Å²) in [7, 11) is 0. The van der Waals surface area contributed by atoms with Gasteiger partial charge in [0.2, 0.25) is 11.8 Å². The molecule has 29 heavy (non-hydrogen) atoms. The van der Waals surface area contributed by atoms with Crippen molar-refractivity contribution in [2.45, 2.75) is 40.0 Å². The summed E-state index contributed by atoms with van der Waals surface area (Å²) in [5.74, 6) is -0.493. The van der Waals surface area contributed by atoms with Gasteiger partial charge in [-0.1, -0.05) is 19.1 Å². The van der Waals surface area contributed by atoms with Gasteiger partial charge in [0.1, 0.15) is 0 Å². The smallest absolute Gasteiger partial charge is 0.255 e. The van der Waals surface area contributed by atoms with Crippen molar-refractivity contribution in [3.8, 4) is 0 Å². The molecule has 1 heterocycles. The standard InChI is InChI=1S/C24H26N2O3/c1-14-7-8-20-21(12-14)24(29)26(23(20)28)19-6-4-5-17(13-19)22(27)25-18-10-15(2)9-16(3)11-18/h4-6,9-11,13-14,20-21H,7-8,12H2,1-3H3,(H,25,27)/t14-,20+,21-/m0/s1. The molecule has 0 spiro atoms. The summed E-state index contributed by atoms with van der Waals surface area (Å²) in [5, 5.41) is 2.91. The van der Waals surface area contributed by atoms with Crippen LogP contribution in [0.1, 0.15) is 47.7 Å². The molecule has 0 radical (unpaired) electrons. The molecule has 2 aromatic carbocycles. The number of rotatable bonds is 3. The fourth-order valence-electron chi connectivity index (χ4n) is 4.68. The van der Waals surface area contributed by atoms with Crippen molar-refractivity contribution in [3.63, 3.8) is 0 Å². The van der Waals surface area contributed by atoms with Gasteiger partial charge in [0.15, 0.2) is 0 Å². The minimum Gasteiger partial charge on any atom is -0.322 e. The molecule has 5 nitrogen and oxygen atoms in total. The number of hydrogen-bond donors (Lipinski definition) is 1. The number of hydrogen-bond acceptors (Lipinski definition) is 3. The number of anilines is 2. The van der Waals surface area contributed by atoms with Crippen LogP contribution in [-0.2, 0) is 9.59 Å². The van der Waals surface area contributed by atoms with Crippen LogP contribution in [0.5, 0.6) is 0 Å². The van der Waals surface area contributed by atoms with Gasteiger partial charge in [-0.3, -0.25) is 19.3 Å². The number of amides is 3. The molecule has 2 fully saturated rings. The molecule has 3 amide bonds. The number of fused-ring (bicyclic) bond motifs is 1. The minimum atomic E-state index is -0.262. The zero-order chi connectivity index (χ0) is 20.7. The summed E-state index contributed by atoms with van der Waals surface area (Å²) in [6, 6.07) is 12.6. The van der Waals surface area contributed by atoms with E-state index in [1.807, 2.05) is 32.0 Å². The van der Waals surface area contributed by atoms with Gasteiger partial charge in [-0.2, -0.15) is 0 Å². The van der Waals surface area contributed by atoms with Crippen LogP contribution >= 0.6 is 0 Å². The normalized spacial score (nSPS) is 23.8. The second-order valence-corrected chi connectivity index (χ2v) is 8.52. The van der Waals surface area contributed by atoms with Crippen LogP contribution in [0.25, 0.3) is 0 Å². The predicted octanol–water partition coefficient (Wildman–Crippen LogP) is 4.48. The Balaban J connectivity index is 1.58. The lowest BCUT2D eigenvalue weighted by atomic mass is 9.76. The summed E-state index contributed by atoms with van der Waals surface area (Å²) in [6.45, 7) is 6.09. The molecule has 1 aliphatic carbocycles. The predicted molar refractivity (Wildman–Crippen MR) is 113 cm³/mol. The topological polar surface area (TPSA) is 66.5 Å². The van der Waals surface area contributed by atoms with Gasteiger partial charge in [0.05, 0.1) is 17.5 Å². The molecule has 1 aliphatic heterocycles. The average molecular weight is 390 g/mol. The number of aryl methyl sites for hydroxylation is 2. The molecule has 0 bridgehead atoms. The first-order chi connectivity index (χ1) is 13.8. The van der Waals surface area contributed by atoms with Gasteiger partial charge in [-0.25, -0.2) is 0 Å². The molecular weight excluding hydrogens is 364 g/mol. The largest absolute Gasteiger partial charge is 0.322 e. The highest BCUT2D eigenvalue weighted by Gasteiger charge is 2.50. The average Bonchev–Trinajstić information content (AvgIpc) is 2.91. The van der Waals surface area contributed by atoms with Gasteiger partial charge in [-0.15, -0.1) is 0 Å². The van der Waals surface area contributed by atoms with Crippen molar-refractivity contribution in [1.29, 1.82) is 0 Å². The summed E-state index contributed by atoms with van der Waals surface area (Å²) >= 11 is 0. The van der Waals surface area contributed by atoms with E-state index in [1.165, 1.54) is 4.90 Å². The number of nitrogens with one attached hydrogen (secondary N) is 1. The van der Waals surface area contributed by atoms with E-state index in [-0.39, 0.29) is 29.6 Å². The van der Waals surface area contributed by atoms with Crippen molar-refractivity contribution in [2.75, 3.05) is 10.2 Å². The number of carbonyl (C=O) groups excluding carboxylic acids is 3. The zero-order valence-electron chi connectivity index (χ0n) is 17.1. The molecular formula is C24H26N2O3. The second kappa shape index (κ2) is 7.47. The maximum Gasteiger partial charge on any atom is 0.255 e. The lowest BCUT2D eigenvalue weighted by Gasteiger charge is -2.25. The molecule has 4 rings (SSSR count). The van der Waals surface area contributed by atoms with Crippen molar-refractivity contribution in [3.05, 3.63) is 59.2 Å². The quantitative estimate of drug-likeness (QED) is 0.786. The van der Waals surface area contributed by atoms with E-state index in [0.29, 0.717) is 17.2 Å². The summed E-state index contributed by atoms with van der Waals surface area (Å²) in [4.78, 5) is 39.9. The van der Waals surface area contributed by atoms with Crippen LogP contribution in [0, 0.1) is 31.6 Å². The van der Waals surface area contributed by atoms with Crippen molar-refractivity contribution >= 4 is 29.1 Å². The second-order valence-electron chi connectivity index (χ2n) is 8.52. The van der Waals surface area contributed by atoms with Crippen LogP contribution < -0.4 is 10.2 Å². The summed E-state index contributed by atoms with van der Waals surface area (Å²) in [6.07, 6.45) is 2.50. The molecule has 1 saturated carbocycles. The highest BCUT2D eigenvalue weighted by Crippen LogP contribution is 2.42. The third-order valence-corrected chi connectivity index (χ3v) is 6.03. The first kappa shape index (κ1) is 19.4. The molecule has 1 N–H and O–H groups in total. The van der Waals surface area contributed by atoms with E-state index in [2.05, 4.69) is 12.2 Å². The highest BCUT2D eigenvalue weighted by atomic mass is 16.2. The third kappa shape index (κ3) is 3.69. The lowest BCUT2D eigenvalue weighted by molar-refractivity contribution is -0.122. The number of benzene rings is 2. The molecule has 150 valence electrons. The molecule has 2 aliphatic rings. The van der Waals surface area contributed by atoms with Crippen LogP contribution in [0.2, 0.25) is 0 Å². The Morgan fingerprint density at radius 1 is 0.966 bits per heavy atom. The molecule has 0 unspecified atom stereocenters. The van der Waals surface area contributed by atoms with Gasteiger partial charge in [-0.05, 0) is 80.5 Å². The third-order valence-electron chi connectivity index (χ3n) is 6.03. The van der Waals surface area contributed by atoms with E-state index in [9.17, 15) is 14.4 Å². The maximum atomic E-state index is 12.9. The molecule has 5 heteroatoms. The van der Waals surface area contributed by atoms with Crippen LogP contribution in [-0.4, -0.2) is 17.7 Å². The SMILES string of the molecule is Cc1cc(C)cc(NC(=O)c2cccc(N3C(=O)[C@H]4C[C@@H](C)CC[C@H]4C3=O)c2)c1. The first-order valence-corrected chi connectivity index (χ1v) is 10.2. The Hall–Kier alpha value is -2.95. The van der Waals surface area contributed by atoms with Gasteiger partial charge < -0.3 is 5.32 Å². The van der Waals surface area contributed by atoms with Gasteiger partial charge in [0.25, 0.3) is 5.91 Å². The van der Waals surface area contributed by atoms with Gasteiger partial charge >= 0.3 is 0 Å². The van der Waals surface area contributed by atoms with E-state index in [1.54, 1.807) is 24.3 Å². The van der Waals surface area contributed by atoms with Crippen molar-refractivity contribution < 1.29 is 14.4 Å².